The largest absolute Gasteiger partial charge is 0.573 e. The van der Waals surface area contributed by atoms with Gasteiger partial charge in [0, 0.05) is 0 Å². The molecular weight excluding hydrogens is 267 g/mol. The molecule has 0 saturated heterocycles. The molecule has 8 heteroatoms. The van der Waals surface area contributed by atoms with E-state index in [0.717, 1.165) is 12.1 Å². The van der Waals surface area contributed by atoms with Crippen LogP contribution >= 0.6 is 0 Å². The monoisotopic (exact) mass is 277 g/mol. The number of rotatable bonds is 4. The summed E-state index contributed by atoms with van der Waals surface area (Å²) in [6, 6.07) is 3.44. The number of alkyl halides is 3. The Labute approximate surface area is 106 Å². The topological polar surface area (TPSA) is 75.6 Å². The molecule has 2 N–H and O–H groups in total. The number of carboxylic acid groups (broad SMARTS) is 1. The van der Waals surface area contributed by atoms with Crippen LogP contribution in [0.15, 0.2) is 24.3 Å². The zero-order valence-electron chi connectivity index (χ0n) is 9.69. The quantitative estimate of drug-likeness (QED) is 0.879. The van der Waals surface area contributed by atoms with Crippen LogP contribution in [0.25, 0.3) is 0 Å². The second-order valence-corrected chi connectivity index (χ2v) is 3.58. The van der Waals surface area contributed by atoms with Gasteiger partial charge >= 0.3 is 12.3 Å². The number of benzene rings is 1. The predicted molar refractivity (Wildman–Crippen MR) is 57.7 cm³/mol. The Morgan fingerprint density at radius 1 is 1.32 bits per heavy atom. The van der Waals surface area contributed by atoms with Crippen LogP contribution in [0.5, 0.6) is 5.75 Å². The molecule has 0 fully saturated rings. The number of carbonyl (C=O) groups excluding carboxylic acids is 1. The van der Waals surface area contributed by atoms with E-state index in [1.807, 2.05) is 5.32 Å². The molecule has 1 aromatic rings. The summed E-state index contributed by atoms with van der Waals surface area (Å²) in [5.74, 6) is -2.96. The van der Waals surface area contributed by atoms with Crippen molar-refractivity contribution in [2.24, 2.45) is 0 Å². The van der Waals surface area contributed by atoms with Crippen LogP contribution in [0.3, 0.4) is 0 Å². The van der Waals surface area contributed by atoms with Crippen molar-refractivity contribution in [1.82, 2.24) is 5.32 Å². The lowest BCUT2D eigenvalue weighted by atomic mass is 10.1. The Kier molecular flexibility index (Phi) is 4.36. The molecule has 0 radical (unpaired) electrons. The summed E-state index contributed by atoms with van der Waals surface area (Å²) >= 11 is 0. The third-order valence-electron chi connectivity index (χ3n) is 2.08. The molecule has 19 heavy (non-hydrogen) atoms. The molecule has 1 rings (SSSR count). The summed E-state index contributed by atoms with van der Waals surface area (Å²) in [5.41, 5.74) is -0.395. The number of aliphatic carboxylic acids is 1. The van der Waals surface area contributed by atoms with Crippen molar-refractivity contribution in [3.63, 3.8) is 0 Å². The fourth-order valence-corrected chi connectivity index (χ4v) is 1.20. The maximum Gasteiger partial charge on any atom is 0.573 e. The zero-order valence-corrected chi connectivity index (χ0v) is 9.69. The molecule has 0 aliphatic heterocycles. The maximum atomic E-state index is 12.1. The Bertz CT molecular complexity index is 487. The lowest BCUT2D eigenvalue weighted by Gasteiger charge is -2.14. The molecule has 104 valence electrons. The van der Waals surface area contributed by atoms with Gasteiger partial charge in [-0.05, 0) is 19.1 Å². The summed E-state index contributed by atoms with van der Waals surface area (Å²) in [4.78, 5) is 22.2. The Morgan fingerprint density at radius 2 is 1.89 bits per heavy atom. The molecule has 0 unspecified atom stereocenters. The van der Waals surface area contributed by atoms with Crippen molar-refractivity contribution in [3.05, 3.63) is 29.8 Å². The number of halogens is 3. The van der Waals surface area contributed by atoms with Gasteiger partial charge in [0.05, 0.1) is 5.56 Å². The first-order valence-corrected chi connectivity index (χ1v) is 5.09. The molecule has 1 atom stereocenters. The van der Waals surface area contributed by atoms with E-state index in [1.165, 1.54) is 19.1 Å². The molecular formula is C11H10F3NO4. The van der Waals surface area contributed by atoms with Gasteiger partial charge in [-0.1, -0.05) is 12.1 Å². The minimum Gasteiger partial charge on any atom is -0.480 e. The van der Waals surface area contributed by atoms with Gasteiger partial charge < -0.3 is 15.2 Å². The summed E-state index contributed by atoms with van der Waals surface area (Å²) in [6.45, 7) is 1.19. The van der Waals surface area contributed by atoms with Crippen molar-refractivity contribution in [2.75, 3.05) is 0 Å². The van der Waals surface area contributed by atoms with Crippen molar-refractivity contribution >= 4 is 11.9 Å². The van der Waals surface area contributed by atoms with Crippen LogP contribution < -0.4 is 10.1 Å². The van der Waals surface area contributed by atoms with Crippen LogP contribution in [0.1, 0.15) is 17.3 Å². The summed E-state index contributed by atoms with van der Waals surface area (Å²) in [6.07, 6.45) is -4.94. The van der Waals surface area contributed by atoms with Crippen molar-refractivity contribution in [2.45, 2.75) is 19.3 Å². The lowest BCUT2D eigenvalue weighted by Crippen LogP contribution is -2.38. The minimum absolute atomic E-state index is 0.395. The van der Waals surface area contributed by atoms with Crippen LogP contribution in [0, 0.1) is 0 Å². The van der Waals surface area contributed by atoms with Gasteiger partial charge in [0.25, 0.3) is 5.91 Å². The molecule has 0 aromatic heterocycles. The molecule has 5 nitrogen and oxygen atoms in total. The van der Waals surface area contributed by atoms with Gasteiger partial charge in [-0.2, -0.15) is 0 Å². The highest BCUT2D eigenvalue weighted by Gasteiger charge is 2.33. The van der Waals surface area contributed by atoms with E-state index >= 15 is 0 Å². The smallest absolute Gasteiger partial charge is 0.480 e. The summed E-state index contributed by atoms with van der Waals surface area (Å²) < 4.78 is 40.1. The number of carbonyl (C=O) groups is 2. The second kappa shape index (κ2) is 5.59. The molecule has 0 saturated carbocycles. The Balaban J connectivity index is 2.94. The standard InChI is InChI=1S/C11H10F3NO4/c1-6(10(17)18)15-9(16)7-4-2-3-5-8(7)19-11(12,13)14/h2-6H,1H3,(H,15,16)(H,17,18)/t6-/m1/s1. The minimum atomic E-state index is -4.94. The van der Waals surface area contributed by atoms with Crippen LogP contribution in [0.4, 0.5) is 13.2 Å². The number of hydrogen-bond acceptors (Lipinski definition) is 3. The third-order valence-corrected chi connectivity index (χ3v) is 2.08. The van der Waals surface area contributed by atoms with Crippen LogP contribution in [0.2, 0.25) is 0 Å². The van der Waals surface area contributed by atoms with Crippen LogP contribution in [-0.2, 0) is 4.79 Å². The van der Waals surface area contributed by atoms with Gasteiger partial charge in [-0.15, -0.1) is 13.2 Å². The first kappa shape index (κ1) is 14.8. The number of para-hydroxylation sites is 1. The summed E-state index contributed by atoms with van der Waals surface area (Å²) in [7, 11) is 0. The second-order valence-electron chi connectivity index (χ2n) is 3.58. The van der Waals surface area contributed by atoms with Gasteiger partial charge in [0.1, 0.15) is 11.8 Å². The Morgan fingerprint density at radius 3 is 2.42 bits per heavy atom. The van der Waals surface area contributed by atoms with E-state index in [4.69, 9.17) is 5.11 Å². The average molecular weight is 277 g/mol. The van der Waals surface area contributed by atoms with Gasteiger partial charge in [0.15, 0.2) is 0 Å². The molecule has 0 aliphatic rings. The number of nitrogens with one attached hydrogen (secondary N) is 1. The first-order valence-electron chi connectivity index (χ1n) is 5.09. The van der Waals surface area contributed by atoms with E-state index in [-0.39, 0.29) is 0 Å². The average Bonchev–Trinajstić information content (AvgIpc) is 2.27. The number of amides is 1. The fraction of sp³-hybridized carbons (Fsp3) is 0.273. The van der Waals surface area contributed by atoms with Gasteiger partial charge in [-0.25, -0.2) is 0 Å². The maximum absolute atomic E-state index is 12.1. The number of carboxylic acids is 1. The SMILES string of the molecule is C[C@@H](NC(=O)c1ccccc1OC(F)(F)F)C(=O)O. The van der Waals surface area contributed by atoms with Gasteiger partial charge in [0.2, 0.25) is 0 Å². The molecule has 0 spiro atoms. The van der Waals surface area contributed by atoms with E-state index in [9.17, 15) is 22.8 Å². The molecule has 1 amide bonds. The Hall–Kier alpha value is -2.25. The first-order chi connectivity index (χ1) is 8.70. The van der Waals surface area contributed by atoms with E-state index in [0.29, 0.717) is 0 Å². The molecule has 0 aliphatic carbocycles. The highest BCUT2D eigenvalue weighted by atomic mass is 19.4. The summed E-state index contributed by atoms with van der Waals surface area (Å²) in [5, 5.41) is 10.6. The van der Waals surface area contributed by atoms with E-state index in [1.54, 1.807) is 0 Å². The van der Waals surface area contributed by atoms with Crippen molar-refractivity contribution in [1.29, 1.82) is 0 Å². The predicted octanol–water partition coefficient (Wildman–Crippen LogP) is 1.79. The number of ether oxygens (including phenoxy) is 1. The normalized spacial score (nSPS) is 12.6. The molecule has 1 aromatic carbocycles. The number of hydrogen-bond donors (Lipinski definition) is 2. The van der Waals surface area contributed by atoms with E-state index < -0.39 is 35.6 Å². The zero-order chi connectivity index (χ0) is 14.6. The van der Waals surface area contributed by atoms with Gasteiger partial charge in [-0.3, -0.25) is 9.59 Å². The highest BCUT2D eigenvalue weighted by Crippen LogP contribution is 2.26. The molecule has 0 bridgehead atoms. The highest BCUT2D eigenvalue weighted by molar-refractivity contribution is 5.98. The molecule has 0 heterocycles. The van der Waals surface area contributed by atoms with Crippen molar-refractivity contribution in [3.8, 4) is 5.75 Å². The lowest BCUT2D eigenvalue weighted by molar-refractivity contribution is -0.274. The van der Waals surface area contributed by atoms with Crippen molar-refractivity contribution < 1.29 is 32.6 Å². The van der Waals surface area contributed by atoms with E-state index in [2.05, 4.69) is 4.74 Å². The fourth-order valence-electron chi connectivity index (χ4n) is 1.20. The third kappa shape index (κ3) is 4.49. The van der Waals surface area contributed by atoms with Crippen LogP contribution in [-0.4, -0.2) is 29.4 Å².